The van der Waals surface area contributed by atoms with Crippen molar-refractivity contribution in [3.63, 3.8) is 0 Å². The lowest BCUT2D eigenvalue weighted by atomic mass is 9.94. The first-order valence-electron chi connectivity index (χ1n) is 9.05. The molecule has 2 aromatic carbocycles. The van der Waals surface area contributed by atoms with E-state index >= 15 is 0 Å². The first-order valence-corrected chi connectivity index (χ1v) is 9.43. The molecule has 0 aliphatic carbocycles. The zero-order chi connectivity index (χ0) is 19.0. The Bertz CT molecular complexity index is 1000. The minimum absolute atomic E-state index is 0.210. The fourth-order valence-electron chi connectivity index (χ4n) is 3.99. The first-order chi connectivity index (χ1) is 13.1. The molecule has 0 radical (unpaired) electrons. The monoisotopic (exact) mass is 376 g/mol. The summed E-state index contributed by atoms with van der Waals surface area (Å²) in [7, 11) is 0. The quantitative estimate of drug-likeness (QED) is 0.581. The van der Waals surface area contributed by atoms with Crippen LogP contribution in [0.4, 0.5) is 0 Å². The molecule has 1 unspecified atom stereocenters. The van der Waals surface area contributed by atoms with E-state index in [-0.39, 0.29) is 6.04 Å². The molecule has 0 amide bonds. The Hall–Kier alpha value is -2.49. The van der Waals surface area contributed by atoms with Crippen molar-refractivity contribution in [3.8, 4) is 11.1 Å². The molecule has 2 heterocycles. The van der Waals surface area contributed by atoms with Crippen molar-refractivity contribution in [3.05, 3.63) is 87.7 Å². The minimum Gasteiger partial charge on any atom is -0.301 e. The number of carbonyl (C=O) groups excluding carboxylic acids is 1. The summed E-state index contributed by atoms with van der Waals surface area (Å²) in [6.07, 6.45) is 4.72. The number of nitrogens with zero attached hydrogens (tertiary/aromatic N) is 2. The van der Waals surface area contributed by atoms with E-state index in [9.17, 15) is 4.79 Å². The zero-order valence-corrected chi connectivity index (χ0v) is 16.2. The van der Waals surface area contributed by atoms with E-state index < -0.39 is 0 Å². The number of fused-ring (bicyclic) bond motifs is 1. The Morgan fingerprint density at radius 3 is 2.70 bits per heavy atom. The van der Waals surface area contributed by atoms with Gasteiger partial charge >= 0.3 is 0 Å². The van der Waals surface area contributed by atoms with E-state index in [1.165, 1.54) is 11.1 Å². The lowest BCUT2D eigenvalue weighted by Gasteiger charge is -2.22. The maximum Gasteiger partial charge on any atom is 0.141 e. The summed E-state index contributed by atoms with van der Waals surface area (Å²) in [4.78, 5) is 18.4. The van der Waals surface area contributed by atoms with Crippen molar-refractivity contribution < 1.29 is 4.79 Å². The number of hydrogen-bond donors (Lipinski definition) is 0. The third kappa shape index (κ3) is 3.41. The number of rotatable bonds is 4. The fourth-order valence-corrected chi connectivity index (χ4v) is 4.22. The number of aryl methyl sites for hydroxylation is 2. The Balaban J connectivity index is 1.69. The molecular formula is C23H21ClN2O. The molecule has 0 N–H and O–H groups in total. The van der Waals surface area contributed by atoms with Crippen LogP contribution < -0.4 is 0 Å². The number of halogens is 1. The second-order valence-corrected chi connectivity index (χ2v) is 7.60. The number of aromatic nitrogens is 1. The molecule has 0 saturated carbocycles. The van der Waals surface area contributed by atoms with E-state index in [1.807, 2.05) is 24.4 Å². The summed E-state index contributed by atoms with van der Waals surface area (Å²) in [5, 5.41) is 0.741. The second-order valence-electron chi connectivity index (χ2n) is 7.16. The summed E-state index contributed by atoms with van der Waals surface area (Å²) in [5.41, 5.74) is 8.10. The van der Waals surface area contributed by atoms with Crippen LogP contribution in [0.2, 0.25) is 5.02 Å². The highest BCUT2D eigenvalue weighted by Crippen LogP contribution is 2.38. The molecule has 4 heteroatoms. The third-order valence-corrected chi connectivity index (χ3v) is 5.57. The van der Waals surface area contributed by atoms with Crippen LogP contribution in [0, 0.1) is 13.8 Å². The van der Waals surface area contributed by atoms with E-state index in [0.717, 1.165) is 52.2 Å². The summed E-state index contributed by atoms with van der Waals surface area (Å²) >= 11 is 6.08. The van der Waals surface area contributed by atoms with Gasteiger partial charge in [0.2, 0.25) is 0 Å². The van der Waals surface area contributed by atoms with Gasteiger partial charge in [0.25, 0.3) is 0 Å². The number of aldehydes is 1. The van der Waals surface area contributed by atoms with Gasteiger partial charge in [-0.25, -0.2) is 0 Å². The van der Waals surface area contributed by atoms with Crippen LogP contribution in [0.25, 0.3) is 11.1 Å². The maximum atomic E-state index is 11.9. The molecule has 3 nitrogen and oxygen atoms in total. The Morgan fingerprint density at radius 1 is 1.15 bits per heavy atom. The third-order valence-electron chi connectivity index (χ3n) is 5.34. The van der Waals surface area contributed by atoms with Crippen LogP contribution in [-0.2, 0) is 17.9 Å². The van der Waals surface area contributed by atoms with E-state index in [0.29, 0.717) is 0 Å². The Labute approximate surface area is 164 Å². The van der Waals surface area contributed by atoms with Gasteiger partial charge in [0.15, 0.2) is 0 Å². The van der Waals surface area contributed by atoms with Gasteiger partial charge in [0, 0.05) is 36.1 Å². The van der Waals surface area contributed by atoms with Gasteiger partial charge < -0.3 is 4.79 Å². The molecule has 1 aliphatic rings. The SMILES string of the molecule is Cc1cc(Cl)ccc1CN1Cc2cc(-c3cccnc3)cc(C)c2C1C=O. The van der Waals surface area contributed by atoms with Crippen molar-refractivity contribution in [1.82, 2.24) is 9.88 Å². The van der Waals surface area contributed by atoms with Gasteiger partial charge in [-0.1, -0.05) is 29.8 Å². The van der Waals surface area contributed by atoms with Crippen LogP contribution in [0.1, 0.15) is 33.9 Å². The maximum absolute atomic E-state index is 11.9. The molecule has 4 rings (SSSR count). The van der Waals surface area contributed by atoms with E-state index in [1.54, 1.807) is 6.20 Å². The summed E-state index contributed by atoms with van der Waals surface area (Å²) in [5.74, 6) is 0. The highest BCUT2D eigenvalue weighted by atomic mass is 35.5. The van der Waals surface area contributed by atoms with Crippen molar-refractivity contribution in [2.24, 2.45) is 0 Å². The molecule has 1 aliphatic heterocycles. The number of benzene rings is 2. The fraction of sp³-hybridized carbons (Fsp3) is 0.217. The largest absolute Gasteiger partial charge is 0.301 e. The van der Waals surface area contributed by atoms with Crippen LogP contribution >= 0.6 is 11.6 Å². The molecule has 27 heavy (non-hydrogen) atoms. The smallest absolute Gasteiger partial charge is 0.141 e. The predicted octanol–water partition coefficient (Wildman–Crippen LogP) is 5.27. The van der Waals surface area contributed by atoms with Gasteiger partial charge in [0.1, 0.15) is 6.29 Å². The van der Waals surface area contributed by atoms with Gasteiger partial charge in [-0.2, -0.15) is 0 Å². The van der Waals surface area contributed by atoms with Crippen LogP contribution in [0.15, 0.2) is 54.9 Å². The van der Waals surface area contributed by atoms with Gasteiger partial charge in [-0.05, 0) is 71.5 Å². The first kappa shape index (κ1) is 17.9. The average molecular weight is 377 g/mol. The minimum atomic E-state index is -0.210. The van der Waals surface area contributed by atoms with Crippen LogP contribution in [0.5, 0.6) is 0 Å². The summed E-state index contributed by atoms with van der Waals surface area (Å²) in [6.45, 7) is 5.64. The molecule has 1 aromatic heterocycles. The summed E-state index contributed by atoms with van der Waals surface area (Å²) in [6, 6.07) is 14.1. The van der Waals surface area contributed by atoms with Crippen LogP contribution in [0.3, 0.4) is 0 Å². The topological polar surface area (TPSA) is 33.2 Å². The predicted molar refractivity (Wildman–Crippen MR) is 109 cm³/mol. The normalized spacial score (nSPS) is 16.3. The van der Waals surface area contributed by atoms with Crippen molar-refractivity contribution in [1.29, 1.82) is 0 Å². The molecule has 136 valence electrons. The Kier molecular flexibility index (Phi) is 4.81. The molecule has 0 saturated heterocycles. The zero-order valence-electron chi connectivity index (χ0n) is 15.4. The summed E-state index contributed by atoms with van der Waals surface area (Å²) < 4.78 is 0. The Morgan fingerprint density at radius 2 is 2.00 bits per heavy atom. The van der Waals surface area contributed by atoms with Gasteiger partial charge in [0.05, 0.1) is 6.04 Å². The number of pyridine rings is 1. The molecule has 0 fully saturated rings. The van der Waals surface area contributed by atoms with Crippen molar-refractivity contribution >= 4 is 17.9 Å². The van der Waals surface area contributed by atoms with E-state index in [2.05, 4.69) is 48.0 Å². The average Bonchev–Trinajstić information content (AvgIpc) is 3.02. The lowest BCUT2D eigenvalue weighted by molar-refractivity contribution is -0.112. The van der Waals surface area contributed by atoms with E-state index in [4.69, 9.17) is 11.6 Å². The molecule has 0 bridgehead atoms. The number of hydrogen-bond acceptors (Lipinski definition) is 3. The van der Waals surface area contributed by atoms with Gasteiger partial charge in [-0.15, -0.1) is 0 Å². The van der Waals surface area contributed by atoms with Crippen molar-refractivity contribution in [2.75, 3.05) is 0 Å². The lowest BCUT2D eigenvalue weighted by Crippen LogP contribution is -2.23. The number of carbonyl (C=O) groups is 1. The molecule has 3 aromatic rings. The highest BCUT2D eigenvalue weighted by molar-refractivity contribution is 6.30. The standard InChI is InChI=1S/C23H21ClN2O/c1-15-9-21(24)6-5-18(15)12-26-13-20-10-19(17-4-3-7-25-11-17)8-16(2)23(20)22(26)14-27/h3-11,14,22H,12-13H2,1-2H3. The molecule has 1 atom stereocenters. The van der Waals surface area contributed by atoms with Gasteiger partial charge in [-0.3, -0.25) is 9.88 Å². The second kappa shape index (κ2) is 7.26. The van der Waals surface area contributed by atoms with Crippen LogP contribution in [-0.4, -0.2) is 16.2 Å². The van der Waals surface area contributed by atoms with Crippen molar-refractivity contribution in [2.45, 2.75) is 33.0 Å². The molecular weight excluding hydrogens is 356 g/mol. The molecule has 0 spiro atoms. The highest BCUT2D eigenvalue weighted by Gasteiger charge is 2.32.